The fourth-order valence-electron chi connectivity index (χ4n) is 15.2. The minimum Gasteiger partial charge on any atom is -0.481 e. The molecule has 3 unspecified atom stereocenters. The highest BCUT2D eigenvalue weighted by molar-refractivity contribution is 5.92. The molecule has 18 nitrogen and oxygen atoms in total. The first kappa shape index (κ1) is 73.7. The summed E-state index contributed by atoms with van der Waals surface area (Å²) in [7, 11) is 0. The van der Waals surface area contributed by atoms with Crippen LogP contribution >= 0.6 is 0 Å². The number of carbonyl (C=O) groups is 3. The van der Waals surface area contributed by atoms with Gasteiger partial charge < -0.3 is 71.1 Å². The van der Waals surface area contributed by atoms with E-state index in [9.17, 15) is 14.4 Å². The third-order valence-corrected chi connectivity index (χ3v) is 19.7. The molecule has 6 aliphatic rings. The SMILES string of the molecule is CC1=C2C(=O)OCCOCc3cc4cc(c3)COCCOC(=O)C3=C(C)OC(c5ccccc5)(c5ccccc5)C3COCCOCc3cc(cc(c3)COCCOCC3C(=C(C)OC3(c3ccccc3)c3ccccc3)C(=O)OCCOC4)COCCOCC2C(c2ccccc2)(c2ccccc2)O1. The maximum atomic E-state index is 14.7. The third-order valence-electron chi connectivity index (χ3n) is 19.7. The zero-order valence-electron chi connectivity index (χ0n) is 59.7. The first-order valence-corrected chi connectivity index (χ1v) is 36.0. The Bertz CT molecular complexity index is 3720. The van der Waals surface area contributed by atoms with Crippen molar-refractivity contribution in [3.8, 4) is 0 Å². The fourth-order valence-corrected chi connectivity index (χ4v) is 15.2. The molecule has 0 saturated heterocycles. The summed E-state index contributed by atoms with van der Waals surface area (Å²) < 4.78 is 97.0. The highest BCUT2D eigenvalue weighted by atomic mass is 16.6. The van der Waals surface area contributed by atoms with Gasteiger partial charge in [-0.15, -0.1) is 0 Å². The monoisotopic (exact) mass is 1420 g/mol. The van der Waals surface area contributed by atoms with E-state index < -0.39 is 52.5 Å². The van der Waals surface area contributed by atoms with Crippen molar-refractivity contribution < 1.29 is 85.4 Å². The van der Waals surface area contributed by atoms with Gasteiger partial charge in [0.15, 0.2) is 16.8 Å². The first-order chi connectivity index (χ1) is 51.5. The maximum absolute atomic E-state index is 14.7. The summed E-state index contributed by atoms with van der Waals surface area (Å²) in [5, 5.41) is 0. The summed E-state index contributed by atoms with van der Waals surface area (Å²) >= 11 is 0. The van der Waals surface area contributed by atoms with Crippen LogP contribution in [0.3, 0.4) is 0 Å². The van der Waals surface area contributed by atoms with Crippen LogP contribution in [-0.2, 0) is 142 Å². The van der Waals surface area contributed by atoms with Crippen LogP contribution in [0.4, 0.5) is 0 Å². The molecule has 0 aromatic heterocycles. The molecule has 8 aromatic rings. The minimum absolute atomic E-state index is 0.0607. The lowest BCUT2D eigenvalue weighted by Crippen LogP contribution is -2.39. The summed E-state index contributed by atoms with van der Waals surface area (Å²) in [6.45, 7) is 7.97. The van der Waals surface area contributed by atoms with Gasteiger partial charge in [-0.05, 0) is 54.2 Å². The van der Waals surface area contributed by atoms with E-state index in [0.29, 0.717) is 34.0 Å². The Morgan fingerprint density at radius 3 is 0.629 bits per heavy atom. The normalized spacial score (nSPS) is 21.6. The molecule has 546 valence electrons. The zero-order chi connectivity index (χ0) is 72.3. The summed E-state index contributed by atoms with van der Waals surface area (Å²) in [5.41, 5.74) is 7.74. The molecule has 105 heavy (non-hydrogen) atoms. The third kappa shape index (κ3) is 16.9. The van der Waals surface area contributed by atoms with Gasteiger partial charge >= 0.3 is 17.9 Å². The number of fused-ring (bicyclic) bond motifs is 30. The van der Waals surface area contributed by atoms with Crippen LogP contribution in [0.25, 0.3) is 0 Å². The van der Waals surface area contributed by atoms with Crippen molar-refractivity contribution in [2.75, 3.05) is 99.1 Å². The van der Waals surface area contributed by atoms with Gasteiger partial charge in [0.1, 0.15) is 37.1 Å². The standard InChI is InChI=1S/C87H90O18/c1-61-79-76(85(103-61,70-22-10-4-11-23-70)71-24-12-5-13-25-71)58-97-37-34-91-52-64-46-65-48-66(47-64)54-93-36-39-99-60-78-81(63(3)105-87(78,74-30-18-8-19-31-74)75-32-20-9-21-33-75)84(90)102-45-42-96-57-69-50-67(55-94-40-43-100-82(79)88)49-68(51-69)56-95-41-44-101-83(89)80-62(2)104-86(72-26-14-6-15-27-72,73-28-16-7-17-29-73)77(80)59-98-38-35-92-53-65/h4-33,46-51,76-78H,34-45,52-60H2,1-3H3. The predicted molar refractivity (Wildman–Crippen MR) is 389 cm³/mol. The molecule has 0 saturated carbocycles. The zero-order valence-corrected chi connectivity index (χ0v) is 59.7. The summed E-state index contributed by atoms with van der Waals surface area (Å²) in [6.07, 6.45) is 0. The van der Waals surface area contributed by atoms with Crippen molar-refractivity contribution in [1.29, 1.82) is 0 Å². The Morgan fingerprint density at radius 2 is 0.429 bits per heavy atom. The van der Waals surface area contributed by atoms with E-state index in [-0.39, 0.29) is 139 Å². The minimum atomic E-state index is -1.14. The lowest BCUT2D eigenvalue weighted by Gasteiger charge is -2.36. The average Bonchev–Trinajstić information content (AvgIpc) is 1.61. The van der Waals surface area contributed by atoms with Crippen molar-refractivity contribution >= 4 is 17.9 Å². The summed E-state index contributed by atoms with van der Waals surface area (Å²) in [5.74, 6) is -2.28. The van der Waals surface area contributed by atoms with E-state index in [1.54, 1.807) is 20.8 Å². The molecule has 0 amide bonds. The number of hydrogen-bond acceptors (Lipinski definition) is 18. The van der Waals surface area contributed by atoms with E-state index >= 15 is 0 Å². The van der Waals surface area contributed by atoms with Crippen LogP contribution in [0, 0.1) is 17.8 Å². The van der Waals surface area contributed by atoms with Gasteiger partial charge in [-0.2, -0.15) is 0 Å². The average molecular weight is 1420 g/mol. The second kappa shape index (κ2) is 35.5. The van der Waals surface area contributed by atoms with Gasteiger partial charge in [0, 0.05) is 33.4 Å². The topological polar surface area (TPSA) is 190 Å². The molecule has 0 spiro atoms. The molecular formula is C87H90O18. The van der Waals surface area contributed by atoms with E-state index in [1.165, 1.54) is 0 Å². The van der Waals surface area contributed by atoms with E-state index in [0.717, 1.165) is 66.8 Å². The second-order valence-corrected chi connectivity index (χ2v) is 26.5. The molecule has 18 heteroatoms. The smallest absolute Gasteiger partial charge is 0.338 e. The molecule has 8 aromatic carbocycles. The molecule has 0 N–H and O–H groups in total. The van der Waals surface area contributed by atoms with Crippen LogP contribution in [-0.4, -0.2) is 117 Å². The summed E-state index contributed by atoms with van der Waals surface area (Å²) in [4.78, 5) is 44.0. The molecule has 0 radical (unpaired) electrons. The predicted octanol–water partition coefficient (Wildman–Crippen LogP) is 13.8. The molecule has 14 rings (SSSR count). The van der Waals surface area contributed by atoms with Gasteiger partial charge in [0.25, 0.3) is 0 Å². The van der Waals surface area contributed by atoms with Crippen LogP contribution in [0.15, 0.2) is 252 Å². The lowest BCUT2D eigenvalue weighted by molar-refractivity contribution is -0.142. The Balaban J connectivity index is 0.811. The quantitative estimate of drug-likeness (QED) is 0.113. The molecule has 6 bridgehead atoms. The van der Waals surface area contributed by atoms with Gasteiger partial charge in [0.2, 0.25) is 0 Å². The van der Waals surface area contributed by atoms with Crippen LogP contribution in [0.2, 0.25) is 0 Å². The fraction of sp³-hybridized carbons (Fsp3) is 0.345. The molecule has 0 aliphatic carbocycles. The molecule has 6 heterocycles. The number of benzene rings is 8. The van der Waals surface area contributed by atoms with Crippen LogP contribution < -0.4 is 0 Å². The van der Waals surface area contributed by atoms with Gasteiger partial charge in [-0.3, -0.25) is 0 Å². The molecular weight excluding hydrogens is 1330 g/mol. The van der Waals surface area contributed by atoms with E-state index in [4.69, 9.17) is 71.1 Å². The lowest BCUT2D eigenvalue weighted by atomic mass is 9.74. The van der Waals surface area contributed by atoms with Crippen molar-refractivity contribution in [3.63, 3.8) is 0 Å². The number of allylic oxidation sites excluding steroid dienone is 3. The van der Waals surface area contributed by atoms with Crippen molar-refractivity contribution in [2.24, 2.45) is 17.8 Å². The van der Waals surface area contributed by atoms with Gasteiger partial charge in [-0.1, -0.05) is 218 Å². The largest absolute Gasteiger partial charge is 0.481 e. The van der Waals surface area contributed by atoms with E-state index in [1.807, 2.05) is 218 Å². The summed E-state index contributed by atoms with van der Waals surface area (Å²) in [6, 6.07) is 71.3. The maximum Gasteiger partial charge on any atom is 0.338 e. The highest BCUT2D eigenvalue weighted by Crippen LogP contribution is 2.54. The Morgan fingerprint density at radius 1 is 0.248 bits per heavy atom. The van der Waals surface area contributed by atoms with Crippen molar-refractivity contribution in [1.82, 2.24) is 0 Å². The number of hydrogen-bond donors (Lipinski definition) is 0. The Kier molecular flexibility index (Phi) is 24.9. The second-order valence-electron chi connectivity index (χ2n) is 26.5. The Hall–Kier alpha value is -9.57. The highest BCUT2D eigenvalue weighted by Gasteiger charge is 2.57. The van der Waals surface area contributed by atoms with Crippen LogP contribution in [0.1, 0.15) is 87.5 Å². The van der Waals surface area contributed by atoms with Gasteiger partial charge in [0.05, 0.1) is 153 Å². The van der Waals surface area contributed by atoms with Gasteiger partial charge in [-0.25, -0.2) is 14.4 Å². The molecule has 3 atom stereocenters. The number of carbonyl (C=O) groups excluding carboxylic acids is 3. The number of ether oxygens (including phenoxy) is 15. The molecule has 0 fully saturated rings. The van der Waals surface area contributed by atoms with Crippen molar-refractivity contribution in [2.45, 2.75) is 77.2 Å². The number of rotatable bonds is 6. The first-order valence-electron chi connectivity index (χ1n) is 36.0. The molecule has 6 aliphatic heterocycles. The number of esters is 3. The van der Waals surface area contributed by atoms with Crippen molar-refractivity contribution in [3.05, 3.63) is 319 Å². The van der Waals surface area contributed by atoms with Crippen LogP contribution in [0.5, 0.6) is 0 Å². The van der Waals surface area contributed by atoms with E-state index in [2.05, 4.69) is 0 Å². The Labute approximate surface area is 613 Å².